The summed E-state index contributed by atoms with van der Waals surface area (Å²) in [5.41, 5.74) is 2.43. The van der Waals surface area contributed by atoms with Crippen LogP contribution in [0.15, 0.2) is 48.8 Å². The number of H-pyrrole nitrogens is 1. The molecule has 3 aromatic heterocycles. The molecular formula is C17H13FN6O. The van der Waals surface area contributed by atoms with Crippen LogP contribution in [0.3, 0.4) is 0 Å². The lowest BCUT2D eigenvalue weighted by molar-refractivity contribution is 0.102. The van der Waals surface area contributed by atoms with Crippen LogP contribution in [0.5, 0.6) is 0 Å². The second-order valence-corrected chi connectivity index (χ2v) is 5.49. The number of fused-ring (bicyclic) bond motifs is 1. The molecule has 7 nitrogen and oxygen atoms in total. The van der Waals surface area contributed by atoms with Gasteiger partial charge in [0.1, 0.15) is 11.5 Å². The minimum Gasteiger partial charge on any atom is -0.319 e. The third-order valence-electron chi connectivity index (χ3n) is 3.78. The minimum absolute atomic E-state index is 0.173. The van der Waals surface area contributed by atoms with Gasteiger partial charge in [0.2, 0.25) is 0 Å². The lowest BCUT2D eigenvalue weighted by Crippen LogP contribution is -2.13. The van der Waals surface area contributed by atoms with Crippen molar-refractivity contribution in [2.24, 2.45) is 0 Å². The Labute approximate surface area is 141 Å². The van der Waals surface area contributed by atoms with Gasteiger partial charge < -0.3 is 5.32 Å². The highest BCUT2D eigenvalue weighted by Crippen LogP contribution is 2.18. The Bertz CT molecular complexity index is 1080. The number of para-hydroxylation sites is 1. The zero-order valence-corrected chi connectivity index (χ0v) is 13.2. The highest BCUT2D eigenvalue weighted by Gasteiger charge is 2.13. The van der Waals surface area contributed by atoms with Gasteiger partial charge in [0.15, 0.2) is 11.3 Å². The number of nitrogens with zero attached hydrogens (tertiary/aromatic N) is 4. The number of halogens is 1. The van der Waals surface area contributed by atoms with Gasteiger partial charge in [0.05, 0.1) is 11.9 Å². The van der Waals surface area contributed by atoms with Crippen LogP contribution in [0.1, 0.15) is 16.2 Å². The molecule has 0 aliphatic rings. The molecular weight excluding hydrogens is 323 g/mol. The molecule has 1 aromatic carbocycles. The number of hydrogen-bond donors (Lipinski definition) is 2. The van der Waals surface area contributed by atoms with Gasteiger partial charge in [-0.3, -0.25) is 9.89 Å². The lowest BCUT2D eigenvalue weighted by atomic mass is 10.2. The van der Waals surface area contributed by atoms with Crippen LogP contribution >= 0.6 is 0 Å². The van der Waals surface area contributed by atoms with E-state index in [0.717, 1.165) is 11.1 Å². The first-order chi connectivity index (χ1) is 12.1. The van der Waals surface area contributed by atoms with E-state index in [2.05, 4.69) is 25.6 Å². The van der Waals surface area contributed by atoms with Gasteiger partial charge in [-0.2, -0.15) is 10.2 Å². The fourth-order valence-electron chi connectivity index (χ4n) is 2.50. The number of aromatic amines is 1. The third kappa shape index (κ3) is 2.74. The zero-order valence-electron chi connectivity index (χ0n) is 13.2. The standard InChI is InChI=1S/C17H13FN6O/c1-10-12-8-11(9-19-16(12)22-21-10)20-17(25)14-6-7-24(23-14)15-5-3-2-4-13(15)18/h2-9H,1H3,(H,20,25)(H,19,21,22). The van der Waals surface area contributed by atoms with Gasteiger partial charge in [-0.05, 0) is 31.2 Å². The number of rotatable bonds is 3. The van der Waals surface area contributed by atoms with Crippen LogP contribution in [-0.2, 0) is 0 Å². The normalized spacial score (nSPS) is 11.0. The number of pyridine rings is 1. The lowest BCUT2D eigenvalue weighted by Gasteiger charge is -2.04. The molecule has 0 bridgehead atoms. The Balaban J connectivity index is 1.59. The summed E-state index contributed by atoms with van der Waals surface area (Å²) in [6, 6.07) is 9.53. The van der Waals surface area contributed by atoms with Gasteiger partial charge in [-0.1, -0.05) is 12.1 Å². The largest absolute Gasteiger partial charge is 0.319 e. The Kier molecular flexibility index (Phi) is 3.50. The molecule has 0 spiro atoms. The first-order valence-corrected chi connectivity index (χ1v) is 7.54. The second kappa shape index (κ2) is 5.82. The first kappa shape index (κ1) is 15.0. The molecule has 0 aliphatic heterocycles. The molecule has 2 N–H and O–H groups in total. The molecule has 0 saturated carbocycles. The van der Waals surface area contributed by atoms with Crippen LogP contribution in [0.4, 0.5) is 10.1 Å². The SMILES string of the molecule is Cc1[nH]nc2ncc(NC(=O)c3ccn(-c4ccccc4F)n3)cc12. The van der Waals surface area contributed by atoms with Crippen molar-refractivity contribution in [3.05, 3.63) is 66.0 Å². The maximum Gasteiger partial charge on any atom is 0.276 e. The van der Waals surface area contributed by atoms with Crippen molar-refractivity contribution in [2.45, 2.75) is 6.92 Å². The van der Waals surface area contributed by atoms with Crippen molar-refractivity contribution in [3.63, 3.8) is 0 Å². The van der Waals surface area contributed by atoms with E-state index < -0.39 is 11.7 Å². The van der Waals surface area contributed by atoms with Crippen molar-refractivity contribution in [1.82, 2.24) is 25.0 Å². The summed E-state index contributed by atoms with van der Waals surface area (Å²) in [4.78, 5) is 16.6. The number of carbonyl (C=O) groups is 1. The van der Waals surface area contributed by atoms with E-state index in [0.29, 0.717) is 11.3 Å². The predicted octanol–water partition coefficient (Wildman–Crippen LogP) is 2.84. The van der Waals surface area contributed by atoms with E-state index in [4.69, 9.17) is 0 Å². The molecule has 1 amide bonds. The number of anilines is 1. The smallest absolute Gasteiger partial charge is 0.276 e. The van der Waals surface area contributed by atoms with E-state index in [-0.39, 0.29) is 11.4 Å². The molecule has 0 atom stereocenters. The van der Waals surface area contributed by atoms with E-state index in [9.17, 15) is 9.18 Å². The van der Waals surface area contributed by atoms with Crippen LogP contribution in [0.2, 0.25) is 0 Å². The van der Waals surface area contributed by atoms with Gasteiger partial charge in [-0.15, -0.1) is 0 Å². The highest BCUT2D eigenvalue weighted by molar-refractivity contribution is 6.03. The number of benzene rings is 1. The van der Waals surface area contributed by atoms with E-state index in [1.807, 2.05) is 6.92 Å². The summed E-state index contributed by atoms with van der Waals surface area (Å²) in [7, 11) is 0. The van der Waals surface area contributed by atoms with Gasteiger partial charge in [0, 0.05) is 17.3 Å². The third-order valence-corrected chi connectivity index (χ3v) is 3.78. The maximum atomic E-state index is 13.8. The van der Waals surface area contributed by atoms with Crippen LogP contribution in [-0.4, -0.2) is 30.9 Å². The van der Waals surface area contributed by atoms with Crippen LogP contribution < -0.4 is 5.32 Å². The number of nitrogens with one attached hydrogen (secondary N) is 2. The number of carbonyl (C=O) groups excluding carboxylic acids is 1. The van der Waals surface area contributed by atoms with E-state index in [1.165, 1.54) is 29.2 Å². The maximum absolute atomic E-state index is 13.8. The van der Waals surface area contributed by atoms with Crippen LogP contribution in [0.25, 0.3) is 16.7 Å². The summed E-state index contributed by atoms with van der Waals surface area (Å²) in [6.45, 7) is 1.87. The fourth-order valence-corrected chi connectivity index (χ4v) is 2.50. The topological polar surface area (TPSA) is 88.5 Å². The number of hydrogen-bond acceptors (Lipinski definition) is 4. The van der Waals surface area contributed by atoms with E-state index >= 15 is 0 Å². The summed E-state index contributed by atoms with van der Waals surface area (Å²) in [5.74, 6) is -0.819. The second-order valence-electron chi connectivity index (χ2n) is 5.49. The monoisotopic (exact) mass is 336 g/mol. The highest BCUT2D eigenvalue weighted by atomic mass is 19.1. The average Bonchev–Trinajstić information content (AvgIpc) is 3.23. The van der Waals surface area contributed by atoms with Gasteiger partial charge in [0.25, 0.3) is 5.91 Å². The van der Waals surface area contributed by atoms with E-state index in [1.54, 1.807) is 24.3 Å². The summed E-state index contributed by atoms with van der Waals surface area (Å²) < 4.78 is 15.1. The number of aryl methyl sites for hydroxylation is 1. The molecule has 0 saturated heterocycles. The average molecular weight is 336 g/mol. The Morgan fingerprint density at radius 2 is 2.12 bits per heavy atom. The molecule has 0 aliphatic carbocycles. The molecule has 124 valence electrons. The summed E-state index contributed by atoms with van der Waals surface area (Å²) in [6.07, 6.45) is 3.06. The zero-order chi connectivity index (χ0) is 17.4. The Hall–Kier alpha value is -3.55. The molecule has 0 unspecified atom stereocenters. The predicted molar refractivity (Wildman–Crippen MR) is 90.1 cm³/mol. The fraction of sp³-hybridized carbons (Fsp3) is 0.0588. The first-order valence-electron chi connectivity index (χ1n) is 7.54. The molecule has 4 aromatic rings. The quantitative estimate of drug-likeness (QED) is 0.602. The number of aromatic nitrogens is 5. The molecule has 25 heavy (non-hydrogen) atoms. The minimum atomic E-state index is -0.414. The molecule has 3 heterocycles. The molecule has 4 rings (SSSR count). The van der Waals surface area contributed by atoms with Gasteiger partial charge >= 0.3 is 0 Å². The van der Waals surface area contributed by atoms with Crippen molar-refractivity contribution in [3.8, 4) is 5.69 Å². The Morgan fingerprint density at radius 3 is 2.96 bits per heavy atom. The molecule has 8 heteroatoms. The summed E-state index contributed by atoms with van der Waals surface area (Å²) in [5, 5.41) is 14.6. The van der Waals surface area contributed by atoms with Crippen LogP contribution in [0, 0.1) is 12.7 Å². The van der Waals surface area contributed by atoms with Crippen molar-refractivity contribution in [1.29, 1.82) is 0 Å². The molecule has 0 fully saturated rings. The molecule has 0 radical (unpaired) electrons. The Morgan fingerprint density at radius 1 is 1.28 bits per heavy atom. The van der Waals surface area contributed by atoms with Crippen molar-refractivity contribution >= 4 is 22.6 Å². The summed E-state index contributed by atoms with van der Waals surface area (Å²) >= 11 is 0. The van der Waals surface area contributed by atoms with Gasteiger partial charge in [-0.25, -0.2) is 14.1 Å². The number of amides is 1. The van der Waals surface area contributed by atoms with Crippen molar-refractivity contribution in [2.75, 3.05) is 5.32 Å². The van der Waals surface area contributed by atoms with Crippen molar-refractivity contribution < 1.29 is 9.18 Å².